The van der Waals surface area contributed by atoms with Gasteiger partial charge in [-0.1, -0.05) is 11.6 Å². The van der Waals surface area contributed by atoms with Crippen LogP contribution in [0, 0.1) is 0 Å². The van der Waals surface area contributed by atoms with Crippen molar-refractivity contribution in [1.82, 2.24) is 10.2 Å². The van der Waals surface area contributed by atoms with Crippen LogP contribution in [0.1, 0.15) is 24.9 Å². The molecule has 0 unspecified atom stereocenters. The smallest absolute Gasteiger partial charge is 0.409 e. The number of halogens is 1. The topological polar surface area (TPSA) is 58.6 Å². The van der Waals surface area contributed by atoms with Gasteiger partial charge in [-0.15, -0.1) is 11.8 Å². The van der Waals surface area contributed by atoms with Crippen LogP contribution in [-0.4, -0.2) is 42.9 Å². The van der Waals surface area contributed by atoms with Crippen LogP contribution >= 0.6 is 23.4 Å². The van der Waals surface area contributed by atoms with Crippen LogP contribution in [0.15, 0.2) is 23.1 Å². The first-order chi connectivity index (χ1) is 10.5. The van der Waals surface area contributed by atoms with Gasteiger partial charge in [0.05, 0.1) is 12.6 Å². The molecule has 1 atom stereocenters. The van der Waals surface area contributed by atoms with Gasteiger partial charge in [-0.05, 0) is 37.1 Å². The van der Waals surface area contributed by atoms with Crippen LogP contribution in [0.4, 0.5) is 4.79 Å². The number of nitrogens with one attached hydrogen (secondary N) is 1. The summed E-state index contributed by atoms with van der Waals surface area (Å²) in [5, 5.41) is 3.63. The molecule has 2 amide bonds. The average molecular weight is 343 g/mol. The number of benzene rings is 1. The van der Waals surface area contributed by atoms with Crippen LogP contribution in [0.5, 0.6) is 0 Å². The number of thioether (sulfide) groups is 1. The fourth-order valence-corrected chi connectivity index (χ4v) is 3.55. The predicted octanol–water partition coefficient (Wildman–Crippen LogP) is 3.08. The van der Waals surface area contributed by atoms with E-state index in [1.807, 2.05) is 18.2 Å². The first-order valence-corrected chi connectivity index (χ1v) is 8.47. The van der Waals surface area contributed by atoms with E-state index in [1.54, 1.807) is 25.7 Å². The largest absolute Gasteiger partial charge is 0.450 e. The van der Waals surface area contributed by atoms with Gasteiger partial charge in [0.15, 0.2) is 0 Å². The molecule has 1 aromatic carbocycles. The van der Waals surface area contributed by atoms with Crippen molar-refractivity contribution in [3.8, 4) is 0 Å². The van der Waals surface area contributed by atoms with Crippen LogP contribution in [0.2, 0.25) is 5.02 Å². The Morgan fingerprint density at radius 1 is 1.50 bits per heavy atom. The molecule has 1 aliphatic heterocycles. The molecule has 1 N–H and O–H groups in total. The van der Waals surface area contributed by atoms with Crippen molar-refractivity contribution in [2.75, 3.05) is 26.0 Å². The molecule has 0 fully saturated rings. The normalized spacial score (nSPS) is 16.6. The summed E-state index contributed by atoms with van der Waals surface area (Å²) >= 11 is 7.81. The molecule has 5 nitrogen and oxygen atoms in total. The van der Waals surface area contributed by atoms with Gasteiger partial charge in [0.25, 0.3) is 0 Å². The Morgan fingerprint density at radius 2 is 2.27 bits per heavy atom. The van der Waals surface area contributed by atoms with Gasteiger partial charge in [0, 0.05) is 22.7 Å². The Bertz CT molecular complexity index is 568. The summed E-state index contributed by atoms with van der Waals surface area (Å²) in [5.41, 5.74) is 1.04. The van der Waals surface area contributed by atoms with Gasteiger partial charge in [-0.2, -0.15) is 0 Å². The lowest BCUT2D eigenvalue weighted by molar-refractivity contribution is -0.122. The monoisotopic (exact) mass is 342 g/mol. The quantitative estimate of drug-likeness (QED) is 0.913. The second-order valence-corrected chi connectivity index (χ2v) is 6.57. The lowest BCUT2D eigenvalue weighted by Gasteiger charge is -2.27. The number of carbonyl (C=O) groups is 2. The van der Waals surface area contributed by atoms with Gasteiger partial charge in [-0.3, -0.25) is 4.79 Å². The van der Waals surface area contributed by atoms with Crippen LogP contribution < -0.4 is 5.32 Å². The van der Waals surface area contributed by atoms with Crippen LogP contribution in [0.3, 0.4) is 0 Å². The molecule has 0 saturated heterocycles. The standard InChI is InChI=1S/C15H19ClN2O3S/c1-3-21-15(20)18(2)9-14(19)17-12-6-7-22-13-5-4-10(16)8-11(12)13/h4-5,8,12H,3,6-7,9H2,1-2H3,(H,17,19)/t12-/m0/s1. The Kier molecular flexibility index (Phi) is 5.97. The molecule has 1 aromatic rings. The van der Waals surface area contributed by atoms with Crippen molar-refractivity contribution in [2.24, 2.45) is 0 Å². The highest BCUT2D eigenvalue weighted by molar-refractivity contribution is 7.99. The third-order valence-corrected chi connectivity index (χ3v) is 4.66. The second kappa shape index (κ2) is 7.74. The molecule has 22 heavy (non-hydrogen) atoms. The summed E-state index contributed by atoms with van der Waals surface area (Å²) in [5.74, 6) is 0.728. The lowest BCUT2D eigenvalue weighted by Crippen LogP contribution is -2.40. The zero-order chi connectivity index (χ0) is 16.1. The maximum atomic E-state index is 12.1. The molecule has 0 spiro atoms. The van der Waals surface area contributed by atoms with E-state index >= 15 is 0 Å². The van der Waals surface area contributed by atoms with Gasteiger partial charge < -0.3 is 15.0 Å². The number of carbonyl (C=O) groups excluding carboxylic acids is 2. The van der Waals surface area contributed by atoms with Gasteiger partial charge in [0.2, 0.25) is 5.91 Å². The lowest BCUT2D eigenvalue weighted by atomic mass is 10.0. The molecular weight excluding hydrogens is 324 g/mol. The number of amides is 2. The van der Waals surface area contributed by atoms with Gasteiger partial charge in [0.1, 0.15) is 6.54 Å². The number of likely N-dealkylation sites (N-methyl/N-ethyl adjacent to an activating group) is 1. The van der Waals surface area contributed by atoms with Crippen LogP contribution in [-0.2, 0) is 9.53 Å². The van der Waals surface area contributed by atoms with E-state index < -0.39 is 6.09 Å². The van der Waals surface area contributed by atoms with Crippen molar-refractivity contribution < 1.29 is 14.3 Å². The summed E-state index contributed by atoms with van der Waals surface area (Å²) < 4.78 is 4.85. The molecule has 7 heteroatoms. The number of nitrogens with zero attached hydrogens (tertiary/aromatic N) is 1. The van der Waals surface area contributed by atoms with Crippen molar-refractivity contribution in [3.05, 3.63) is 28.8 Å². The number of rotatable bonds is 4. The zero-order valence-electron chi connectivity index (χ0n) is 12.6. The number of hydrogen-bond donors (Lipinski definition) is 1. The minimum atomic E-state index is -0.500. The molecule has 0 aromatic heterocycles. The minimum absolute atomic E-state index is 0.0294. The average Bonchev–Trinajstić information content (AvgIpc) is 2.48. The summed E-state index contributed by atoms with van der Waals surface area (Å²) in [4.78, 5) is 26.0. The second-order valence-electron chi connectivity index (χ2n) is 4.99. The molecule has 120 valence electrons. The van der Waals surface area contributed by atoms with Crippen molar-refractivity contribution in [2.45, 2.75) is 24.3 Å². The van der Waals surface area contributed by atoms with Gasteiger partial charge in [-0.25, -0.2) is 4.79 Å². The zero-order valence-corrected chi connectivity index (χ0v) is 14.2. The summed E-state index contributed by atoms with van der Waals surface area (Å²) in [6.45, 7) is 1.99. The molecule has 1 heterocycles. The Labute approximate surface area is 139 Å². The minimum Gasteiger partial charge on any atom is -0.450 e. The highest BCUT2D eigenvalue weighted by Gasteiger charge is 2.23. The molecule has 2 rings (SSSR count). The molecule has 0 radical (unpaired) electrons. The summed E-state index contributed by atoms with van der Waals surface area (Å²) in [7, 11) is 1.54. The van der Waals surface area contributed by atoms with E-state index in [0.717, 1.165) is 22.6 Å². The number of ether oxygens (including phenoxy) is 1. The van der Waals surface area contributed by atoms with Crippen molar-refractivity contribution in [1.29, 1.82) is 0 Å². The van der Waals surface area contributed by atoms with E-state index in [9.17, 15) is 9.59 Å². The predicted molar refractivity (Wildman–Crippen MR) is 87.3 cm³/mol. The van der Waals surface area contributed by atoms with Crippen molar-refractivity contribution >= 4 is 35.4 Å². The first-order valence-electron chi connectivity index (χ1n) is 7.10. The first kappa shape index (κ1) is 17.0. The Morgan fingerprint density at radius 3 is 3.00 bits per heavy atom. The van der Waals surface area contributed by atoms with Crippen LogP contribution in [0.25, 0.3) is 0 Å². The molecule has 0 saturated carbocycles. The fraction of sp³-hybridized carbons (Fsp3) is 0.467. The highest BCUT2D eigenvalue weighted by Crippen LogP contribution is 2.37. The third kappa shape index (κ3) is 4.30. The van der Waals surface area contributed by atoms with E-state index in [2.05, 4.69) is 5.32 Å². The molecule has 0 aliphatic carbocycles. The Balaban J connectivity index is 1.98. The third-order valence-electron chi connectivity index (χ3n) is 3.31. The van der Waals surface area contributed by atoms with E-state index in [1.165, 1.54) is 4.90 Å². The number of hydrogen-bond acceptors (Lipinski definition) is 4. The number of fused-ring (bicyclic) bond motifs is 1. The maximum absolute atomic E-state index is 12.1. The van der Waals surface area contributed by atoms with E-state index in [0.29, 0.717) is 5.02 Å². The summed E-state index contributed by atoms with van der Waals surface area (Å²) in [6.07, 6.45) is 0.340. The highest BCUT2D eigenvalue weighted by atomic mass is 35.5. The fourth-order valence-electron chi connectivity index (χ4n) is 2.27. The molecule has 0 bridgehead atoms. The van der Waals surface area contributed by atoms with E-state index in [-0.39, 0.29) is 25.1 Å². The summed E-state index contributed by atoms with van der Waals surface area (Å²) in [6, 6.07) is 5.65. The Hall–Kier alpha value is -1.40. The van der Waals surface area contributed by atoms with Gasteiger partial charge >= 0.3 is 6.09 Å². The molecule has 1 aliphatic rings. The van der Waals surface area contributed by atoms with E-state index in [4.69, 9.17) is 16.3 Å². The maximum Gasteiger partial charge on any atom is 0.409 e. The molecular formula is C15H19ClN2O3S. The van der Waals surface area contributed by atoms with Crippen molar-refractivity contribution in [3.63, 3.8) is 0 Å². The SMILES string of the molecule is CCOC(=O)N(C)CC(=O)N[C@H]1CCSc2ccc(Cl)cc21.